The van der Waals surface area contributed by atoms with Crippen molar-refractivity contribution in [1.29, 1.82) is 0 Å². The van der Waals surface area contributed by atoms with Crippen LogP contribution in [0.1, 0.15) is 56.9 Å². The summed E-state index contributed by atoms with van der Waals surface area (Å²) in [7, 11) is 0. The highest BCUT2D eigenvalue weighted by Gasteiger charge is 2.44. The second-order valence-electron chi connectivity index (χ2n) is 6.46. The fourth-order valence-electron chi connectivity index (χ4n) is 3.83. The van der Waals surface area contributed by atoms with Crippen molar-refractivity contribution < 1.29 is 9.84 Å². The second kappa shape index (κ2) is 6.28. The molecule has 0 aromatic heterocycles. The molecule has 2 aliphatic rings. The Balaban J connectivity index is 1.55. The fraction of sp³-hybridized carbons (Fsp3) is 0.667. The predicted octanol–water partition coefficient (Wildman–Crippen LogP) is 3.82. The molecule has 1 N–H and O–H groups in total. The van der Waals surface area contributed by atoms with Gasteiger partial charge in [0.15, 0.2) is 0 Å². The van der Waals surface area contributed by atoms with E-state index < -0.39 is 0 Å². The zero-order valence-corrected chi connectivity index (χ0v) is 12.3. The van der Waals surface area contributed by atoms with Gasteiger partial charge in [-0.15, -0.1) is 0 Å². The van der Waals surface area contributed by atoms with Gasteiger partial charge in [0, 0.05) is 12.0 Å². The third kappa shape index (κ3) is 2.77. The molecule has 0 amide bonds. The van der Waals surface area contributed by atoms with Crippen LogP contribution in [-0.2, 0) is 10.2 Å². The first-order valence-corrected chi connectivity index (χ1v) is 8.16. The van der Waals surface area contributed by atoms with Crippen LogP contribution >= 0.6 is 0 Å². The van der Waals surface area contributed by atoms with Crippen molar-refractivity contribution >= 4 is 0 Å². The lowest BCUT2D eigenvalue weighted by Crippen LogP contribution is -2.45. The fourth-order valence-corrected chi connectivity index (χ4v) is 3.83. The SMILES string of the molecule is OC(CCCC1CCCO1)C1(c2ccccc2)CCC1. The van der Waals surface area contributed by atoms with E-state index in [4.69, 9.17) is 4.74 Å². The third-order valence-corrected chi connectivity index (χ3v) is 5.26. The second-order valence-corrected chi connectivity index (χ2v) is 6.46. The predicted molar refractivity (Wildman–Crippen MR) is 80.8 cm³/mol. The summed E-state index contributed by atoms with van der Waals surface area (Å²) in [5.74, 6) is 0. The first kappa shape index (κ1) is 14.1. The summed E-state index contributed by atoms with van der Waals surface area (Å²) in [6, 6.07) is 10.6. The third-order valence-electron chi connectivity index (χ3n) is 5.26. The van der Waals surface area contributed by atoms with Crippen molar-refractivity contribution in [2.75, 3.05) is 6.61 Å². The van der Waals surface area contributed by atoms with Gasteiger partial charge in [-0.1, -0.05) is 36.8 Å². The molecule has 1 aliphatic carbocycles. The summed E-state index contributed by atoms with van der Waals surface area (Å²) in [4.78, 5) is 0. The van der Waals surface area contributed by atoms with E-state index in [2.05, 4.69) is 30.3 Å². The van der Waals surface area contributed by atoms with E-state index in [1.165, 1.54) is 24.8 Å². The van der Waals surface area contributed by atoms with Crippen molar-refractivity contribution in [2.24, 2.45) is 0 Å². The van der Waals surface area contributed by atoms with Crippen LogP contribution in [0, 0.1) is 0 Å². The average Bonchev–Trinajstić information content (AvgIpc) is 2.92. The first-order chi connectivity index (χ1) is 9.81. The number of benzene rings is 1. The Labute approximate surface area is 122 Å². The molecule has 2 nitrogen and oxygen atoms in total. The molecule has 3 rings (SSSR count). The van der Waals surface area contributed by atoms with Gasteiger partial charge in [-0.05, 0) is 50.5 Å². The molecule has 2 unspecified atom stereocenters. The number of aliphatic hydroxyl groups is 1. The van der Waals surface area contributed by atoms with Crippen LogP contribution in [-0.4, -0.2) is 23.9 Å². The molecule has 2 atom stereocenters. The minimum absolute atomic E-state index is 0.0395. The van der Waals surface area contributed by atoms with E-state index in [1.54, 1.807) is 0 Å². The Hall–Kier alpha value is -0.860. The molecule has 110 valence electrons. The first-order valence-electron chi connectivity index (χ1n) is 8.16. The van der Waals surface area contributed by atoms with Crippen molar-refractivity contribution in [1.82, 2.24) is 0 Å². The molecule has 1 aromatic carbocycles. The van der Waals surface area contributed by atoms with Crippen LogP contribution in [0.5, 0.6) is 0 Å². The van der Waals surface area contributed by atoms with Gasteiger partial charge < -0.3 is 9.84 Å². The maximum atomic E-state index is 10.7. The molecule has 2 heteroatoms. The summed E-state index contributed by atoms with van der Waals surface area (Å²) < 4.78 is 5.66. The molecule has 0 radical (unpaired) electrons. The molecular formula is C18H26O2. The van der Waals surface area contributed by atoms with E-state index in [0.717, 1.165) is 38.7 Å². The van der Waals surface area contributed by atoms with Gasteiger partial charge in [0.25, 0.3) is 0 Å². The smallest absolute Gasteiger partial charge is 0.0636 e. The lowest BCUT2D eigenvalue weighted by molar-refractivity contribution is 0.0168. The molecule has 20 heavy (non-hydrogen) atoms. The van der Waals surface area contributed by atoms with Gasteiger partial charge >= 0.3 is 0 Å². The molecule has 1 aliphatic heterocycles. The number of ether oxygens (including phenoxy) is 1. The monoisotopic (exact) mass is 274 g/mol. The molecular weight excluding hydrogens is 248 g/mol. The lowest BCUT2D eigenvalue weighted by atomic mass is 9.60. The minimum atomic E-state index is -0.194. The molecule has 0 spiro atoms. The molecule has 1 aromatic rings. The summed E-state index contributed by atoms with van der Waals surface area (Å²) in [6.45, 7) is 0.932. The van der Waals surface area contributed by atoms with Gasteiger partial charge in [-0.25, -0.2) is 0 Å². The number of rotatable bonds is 6. The average molecular weight is 274 g/mol. The van der Waals surface area contributed by atoms with Gasteiger partial charge in [0.05, 0.1) is 12.2 Å². The number of aliphatic hydroxyl groups excluding tert-OH is 1. The normalized spacial score (nSPS) is 26.1. The van der Waals surface area contributed by atoms with Crippen molar-refractivity contribution in [2.45, 2.75) is 69.0 Å². The van der Waals surface area contributed by atoms with Crippen LogP contribution in [0.4, 0.5) is 0 Å². The summed E-state index contributed by atoms with van der Waals surface area (Å²) in [5, 5.41) is 10.7. The highest BCUT2D eigenvalue weighted by molar-refractivity contribution is 5.29. The Morgan fingerprint density at radius 1 is 1.20 bits per heavy atom. The number of hydrogen-bond acceptors (Lipinski definition) is 2. The van der Waals surface area contributed by atoms with Crippen molar-refractivity contribution in [3.05, 3.63) is 35.9 Å². The summed E-state index contributed by atoms with van der Waals surface area (Å²) in [6.07, 6.45) is 9.31. The van der Waals surface area contributed by atoms with Crippen LogP contribution < -0.4 is 0 Å². The quantitative estimate of drug-likeness (QED) is 0.854. The van der Waals surface area contributed by atoms with Crippen LogP contribution in [0.15, 0.2) is 30.3 Å². The van der Waals surface area contributed by atoms with Crippen LogP contribution in [0.3, 0.4) is 0 Å². The van der Waals surface area contributed by atoms with Crippen LogP contribution in [0.2, 0.25) is 0 Å². The van der Waals surface area contributed by atoms with Gasteiger partial charge in [0.2, 0.25) is 0 Å². The minimum Gasteiger partial charge on any atom is -0.392 e. The summed E-state index contributed by atoms with van der Waals surface area (Å²) in [5.41, 5.74) is 1.37. The molecule has 2 fully saturated rings. The summed E-state index contributed by atoms with van der Waals surface area (Å²) >= 11 is 0. The van der Waals surface area contributed by atoms with E-state index in [1.807, 2.05) is 0 Å². The highest BCUT2D eigenvalue weighted by atomic mass is 16.5. The van der Waals surface area contributed by atoms with E-state index >= 15 is 0 Å². The zero-order chi connectivity index (χ0) is 13.8. The lowest BCUT2D eigenvalue weighted by Gasteiger charge is -2.46. The van der Waals surface area contributed by atoms with E-state index in [0.29, 0.717) is 6.10 Å². The Bertz CT molecular complexity index is 405. The largest absolute Gasteiger partial charge is 0.392 e. The Morgan fingerprint density at radius 3 is 2.60 bits per heavy atom. The Morgan fingerprint density at radius 2 is 2.00 bits per heavy atom. The molecule has 1 heterocycles. The molecule has 1 saturated carbocycles. The maximum absolute atomic E-state index is 10.7. The van der Waals surface area contributed by atoms with Gasteiger partial charge in [-0.2, -0.15) is 0 Å². The molecule has 1 saturated heterocycles. The van der Waals surface area contributed by atoms with Gasteiger partial charge in [-0.3, -0.25) is 0 Å². The van der Waals surface area contributed by atoms with Crippen molar-refractivity contribution in [3.8, 4) is 0 Å². The van der Waals surface area contributed by atoms with Crippen molar-refractivity contribution in [3.63, 3.8) is 0 Å². The standard InChI is InChI=1S/C18H26O2/c19-17(11-4-9-16-10-5-14-20-16)18(12-6-13-18)15-7-2-1-3-8-15/h1-3,7-8,16-17,19H,4-6,9-14H2. The Kier molecular flexibility index (Phi) is 4.42. The van der Waals surface area contributed by atoms with Gasteiger partial charge in [0.1, 0.15) is 0 Å². The zero-order valence-electron chi connectivity index (χ0n) is 12.3. The topological polar surface area (TPSA) is 29.5 Å². The number of hydrogen-bond donors (Lipinski definition) is 1. The molecule has 0 bridgehead atoms. The highest BCUT2D eigenvalue weighted by Crippen LogP contribution is 2.47. The van der Waals surface area contributed by atoms with E-state index in [9.17, 15) is 5.11 Å². The maximum Gasteiger partial charge on any atom is 0.0636 e. The van der Waals surface area contributed by atoms with E-state index in [-0.39, 0.29) is 11.5 Å². The van der Waals surface area contributed by atoms with Crippen LogP contribution in [0.25, 0.3) is 0 Å².